The van der Waals surface area contributed by atoms with Crippen molar-refractivity contribution in [2.75, 3.05) is 39.8 Å². The number of hydrogen-bond donors (Lipinski definition) is 2. The molecule has 1 aromatic rings. The van der Waals surface area contributed by atoms with E-state index >= 15 is 0 Å². The molecule has 0 bridgehead atoms. The summed E-state index contributed by atoms with van der Waals surface area (Å²) in [4.78, 5) is 14.4. The van der Waals surface area contributed by atoms with E-state index in [1.165, 1.54) is 12.8 Å². The van der Waals surface area contributed by atoms with Crippen LogP contribution in [0.4, 0.5) is 0 Å². The van der Waals surface area contributed by atoms with Crippen molar-refractivity contribution < 1.29 is 4.79 Å². The van der Waals surface area contributed by atoms with E-state index in [-0.39, 0.29) is 5.91 Å². The van der Waals surface area contributed by atoms with Crippen LogP contribution in [0.2, 0.25) is 0 Å². The highest BCUT2D eigenvalue weighted by atomic mass is 16.2. The number of rotatable bonds is 4. The second kappa shape index (κ2) is 5.88. The van der Waals surface area contributed by atoms with Crippen molar-refractivity contribution in [1.82, 2.24) is 30.5 Å². The minimum atomic E-state index is -0.114. The number of aromatic nitrogens is 3. The van der Waals surface area contributed by atoms with Gasteiger partial charge in [0.25, 0.3) is 5.91 Å². The second-order valence-electron chi connectivity index (χ2n) is 5.88. The number of nitrogens with one attached hydrogen (secondary N) is 2. The lowest BCUT2D eigenvalue weighted by Gasteiger charge is -2.29. The topological polar surface area (TPSA) is 75.1 Å². The van der Waals surface area contributed by atoms with Crippen LogP contribution in [0.15, 0.2) is 6.20 Å². The van der Waals surface area contributed by atoms with E-state index in [2.05, 4.69) is 32.9 Å². The zero-order valence-corrected chi connectivity index (χ0v) is 11.9. The van der Waals surface area contributed by atoms with Crippen molar-refractivity contribution >= 4 is 5.91 Å². The highest BCUT2D eigenvalue weighted by molar-refractivity contribution is 5.91. The molecular weight excluding hydrogens is 256 g/mol. The molecule has 2 aliphatic rings. The van der Waals surface area contributed by atoms with Gasteiger partial charge in [-0.25, -0.2) is 4.68 Å². The van der Waals surface area contributed by atoms with Crippen LogP contribution >= 0.6 is 0 Å². The molecule has 1 amide bonds. The van der Waals surface area contributed by atoms with Crippen LogP contribution in [0.3, 0.4) is 0 Å². The molecule has 1 atom stereocenters. The lowest BCUT2D eigenvalue weighted by molar-refractivity contribution is 0.0931. The van der Waals surface area contributed by atoms with Crippen molar-refractivity contribution in [2.45, 2.75) is 18.9 Å². The largest absolute Gasteiger partial charge is 0.350 e. The van der Waals surface area contributed by atoms with Crippen LogP contribution in [0.25, 0.3) is 0 Å². The highest BCUT2D eigenvalue weighted by Gasteiger charge is 2.22. The molecule has 0 saturated carbocycles. The van der Waals surface area contributed by atoms with Gasteiger partial charge in [0.2, 0.25) is 0 Å². The van der Waals surface area contributed by atoms with Gasteiger partial charge in [0, 0.05) is 26.2 Å². The Balaban J connectivity index is 1.49. The van der Waals surface area contributed by atoms with E-state index in [0.717, 1.165) is 32.7 Å². The third-order valence-corrected chi connectivity index (χ3v) is 4.15. The first-order chi connectivity index (χ1) is 9.72. The number of nitrogens with zero attached hydrogens (tertiary/aromatic N) is 4. The fraction of sp³-hybridized carbons (Fsp3) is 0.769. The molecule has 110 valence electrons. The molecule has 2 aliphatic heterocycles. The van der Waals surface area contributed by atoms with E-state index in [4.69, 9.17) is 0 Å². The Labute approximate surface area is 118 Å². The van der Waals surface area contributed by atoms with E-state index in [0.29, 0.717) is 17.7 Å². The highest BCUT2D eigenvalue weighted by Crippen LogP contribution is 2.14. The van der Waals surface area contributed by atoms with Crippen molar-refractivity contribution in [3.63, 3.8) is 0 Å². The first kappa shape index (κ1) is 13.5. The summed E-state index contributed by atoms with van der Waals surface area (Å²) in [6.45, 7) is 4.74. The molecule has 2 fully saturated rings. The Bertz CT molecular complexity index is 469. The second-order valence-corrected chi connectivity index (χ2v) is 5.88. The van der Waals surface area contributed by atoms with Crippen LogP contribution in [-0.4, -0.2) is 65.6 Å². The van der Waals surface area contributed by atoms with Crippen molar-refractivity contribution in [3.05, 3.63) is 11.9 Å². The van der Waals surface area contributed by atoms with Crippen LogP contribution in [0, 0.1) is 5.92 Å². The maximum absolute atomic E-state index is 12.1. The first-order valence-corrected chi connectivity index (χ1v) is 7.31. The molecule has 0 aromatic carbocycles. The van der Waals surface area contributed by atoms with Gasteiger partial charge in [-0.15, -0.1) is 5.10 Å². The average molecular weight is 278 g/mol. The Morgan fingerprint density at radius 1 is 1.55 bits per heavy atom. The molecule has 2 saturated heterocycles. The van der Waals surface area contributed by atoms with Gasteiger partial charge in [-0.2, -0.15) is 0 Å². The van der Waals surface area contributed by atoms with E-state index in [1.54, 1.807) is 10.9 Å². The van der Waals surface area contributed by atoms with Crippen LogP contribution < -0.4 is 10.6 Å². The third kappa shape index (κ3) is 2.99. The lowest BCUT2D eigenvalue weighted by Crippen LogP contribution is -2.43. The molecular formula is C13H22N6O. The van der Waals surface area contributed by atoms with Gasteiger partial charge in [0.1, 0.15) is 0 Å². The standard InChI is InChI=1S/C13H22N6O/c1-18-4-2-3-10(8-18)5-15-13(20)12-9-19(17-16-12)11-6-14-7-11/h9-11,14H,2-8H2,1H3,(H,15,20). The fourth-order valence-corrected chi connectivity index (χ4v) is 2.79. The molecule has 7 heteroatoms. The number of amides is 1. The van der Waals surface area contributed by atoms with Crippen molar-refractivity contribution in [2.24, 2.45) is 5.92 Å². The maximum atomic E-state index is 12.1. The number of likely N-dealkylation sites (tertiary alicyclic amines) is 1. The third-order valence-electron chi connectivity index (χ3n) is 4.15. The molecule has 20 heavy (non-hydrogen) atoms. The van der Waals surface area contributed by atoms with Crippen LogP contribution in [0.5, 0.6) is 0 Å². The molecule has 7 nitrogen and oxygen atoms in total. The molecule has 3 rings (SSSR count). The number of carbonyl (C=O) groups excluding carboxylic acids is 1. The Hall–Kier alpha value is -1.47. The lowest BCUT2D eigenvalue weighted by atomic mass is 9.98. The van der Waals surface area contributed by atoms with Gasteiger partial charge in [0.15, 0.2) is 5.69 Å². The normalized spacial score (nSPS) is 24.4. The number of hydrogen-bond acceptors (Lipinski definition) is 5. The Kier molecular flexibility index (Phi) is 3.98. The summed E-state index contributed by atoms with van der Waals surface area (Å²) in [5.41, 5.74) is 0.418. The smallest absolute Gasteiger partial charge is 0.273 e. The monoisotopic (exact) mass is 278 g/mol. The van der Waals surface area contributed by atoms with Crippen LogP contribution in [-0.2, 0) is 0 Å². The van der Waals surface area contributed by atoms with Gasteiger partial charge in [-0.3, -0.25) is 4.79 Å². The van der Waals surface area contributed by atoms with E-state index < -0.39 is 0 Å². The van der Waals surface area contributed by atoms with Gasteiger partial charge >= 0.3 is 0 Å². The summed E-state index contributed by atoms with van der Waals surface area (Å²) in [5.74, 6) is 0.431. The molecule has 3 heterocycles. The summed E-state index contributed by atoms with van der Waals surface area (Å²) >= 11 is 0. The van der Waals surface area contributed by atoms with Crippen LogP contribution in [0.1, 0.15) is 29.4 Å². The minimum Gasteiger partial charge on any atom is -0.350 e. The number of carbonyl (C=O) groups is 1. The van der Waals surface area contributed by atoms with Gasteiger partial charge < -0.3 is 15.5 Å². The maximum Gasteiger partial charge on any atom is 0.273 e. The molecule has 0 aliphatic carbocycles. The zero-order valence-electron chi connectivity index (χ0n) is 11.9. The summed E-state index contributed by atoms with van der Waals surface area (Å²) in [7, 11) is 2.13. The number of piperidine rings is 1. The Morgan fingerprint density at radius 2 is 2.40 bits per heavy atom. The zero-order chi connectivity index (χ0) is 13.9. The molecule has 0 radical (unpaired) electrons. The minimum absolute atomic E-state index is 0.114. The predicted molar refractivity (Wildman–Crippen MR) is 74.5 cm³/mol. The summed E-state index contributed by atoms with van der Waals surface area (Å²) in [6.07, 6.45) is 4.14. The SMILES string of the molecule is CN1CCCC(CNC(=O)c2cn(C3CNC3)nn2)C1. The van der Waals surface area contributed by atoms with Gasteiger partial charge in [0.05, 0.1) is 12.2 Å². The summed E-state index contributed by atoms with van der Waals surface area (Å²) < 4.78 is 1.78. The van der Waals surface area contributed by atoms with E-state index in [9.17, 15) is 4.79 Å². The summed E-state index contributed by atoms with van der Waals surface area (Å²) in [6, 6.07) is 0.344. The van der Waals surface area contributed by atoms with Crippen molar-refractivity contribution in [3.8, 4) is 0 Å². The molecule has 2 N–H and O–H groups in total. The molecule has 0 spiro atoms. The molecule has 1 aromatic heterocycles. The predicted octanol–water partition coefficient (Wildman–Crippen LogP) is -0.506. The van der Waals surface area contributed by atoms with Crippen molar-refractivity contribution in [1.29, 1.82) is 0 Å². The van der Waals surface area contributed by atoms with Gasteiger partial charge in [-0.05, 0) is 32.4 Å². The average Bonchev–Trinajstić information content (AvgIpc) is 2.83. The first-order valence-electron chi connectivity index (χ1n) is 7.31. The fourth-order valence-electron chi connectivity index (χ4n) is 2.79. The van der Waals surface area contributed by atoms with Gasteiger partial charge in [-0.1, -0.05) is 5.21 Å². The van der Waals surface area contributed by atoms with E-state index in [1.807, 2.05) is 0 Å². The summed E-state index contributed by atoms with van der Waals surface area (Å²) in [5, 5.41) is 14.1. The quantitative estimate of drug-likeness (QED) is 0.776. The Morgan fingerprint density at radius 3 is 3.10 bits per heavy atom. The molecule has 1 unspecified atom stereocenters.